The Bertz CT molecular complexity index is 446. The average Bonchev–Trinajstić information content (AvgIpc) is 2.88. The van der Waals surface area contributed by atoms with E-state index in [2.05, 4.69) is 16.3 Å². The van der Waals surface area contributed by atoms with Gasteiger partial charge in [-0.25, -0.2) is 0 Å². The van der Waals surface area contributed by atoms with E-state index in [1.807, 2.05) is 5.38 Å². The van der Waals surface area contributed by atoms with Crippen molar-refractivity contribution >= 4 is 23.3 Å². The van der Waals surface area contributed by atoms with Gasteiger partial charge in [0, 0.05) is 13.1 Å². The van der Waals surface area contributed by atoms with Gasteiger partial charge in [0.15, 0.2) is 0 Å². The first-order chi connectivity index (χ1) is 9.08. The zero-order valence-corrected chi connectivity index (χ0v) is 11.3. The molecule has 2 atom stereocenters. The molecule has 5 nitrogen and oxygen atoms in total. The lowest BCUT2D eigenvalue weighted by atomic mass is 9.85. The highest BCUT2D eigenvalue weighted by Crippen LogP contribution is 2.24. The van der Waals surface area contributed by atoms with E-state index in [0.29, 0.717) is 19.5 Å². The maximum absolute atomic E-state index is 11.2. The van der Waals surface area contributed by atoms with E-state index in [0.717, 1.165) is 13.0 Å². The summed E-state index contributed by atoms with van der Waals surface area (Å²) in [5.74, 6) is -3.55. The number of carbonyl (C=O) groups is 2. The van der Waals surface area contributed by atoms with Crippen LogP contribution in [0.2, 0.25) is 0 Å². The van der Waals surface area contributed by atoms with Crippen LogP contribution in [0.5, 0.6) is 0 Å². The minimum absolute atomic E-state index is 0.330. The number of rotatable bonds is 5. The molecule has 0 aromatic carbocycles. The van der Waals surface area contributed by atoms with E-state index in [9.17, 15) is 9.59 Å². The summed E-state index contributed by atoms with van der Waals surface area (Å²) in [5.41, 5.74) is 1.25. The molecule has 1 fully saturated rings. The van der Waals surface area contributed by atoms with Crippen LogP contribution in [0.3, 0.4) is 0 Å². The smallest absolute Gasteiger partial charge is 0.308 e. The Morgan fingerprint density at radius 1 is 1.32 bits per heavy atom. The SMILES string of the molecule is O=C(O)C1CCN(CCc2ccsc2)CC1C(=O)O. The molecular weight excluding hydrogens is 266 g/mol. The Morgan fingerprint density at radius 2 is 2.05 bits per heavy atom. The second-order valence-electron chi connectivity index (χ2n) is 4.86. The summed E-state index contributed by atoms with van der Waals surface area (Å²) in [7, 11) is 0. The van der Waals surface area contributed by atoms with Crippen molar-refractivity contribution in [3.05, 3.63) is 22.4 Å². The summed E-state index contributed by atoms with van der Waals surface area (Å²) >= 11 is 1.65. The van der Waals surface area contributed by atoms with Crippen LogP contribution in [0, 0.1) is 11.8 Å². The first kappa shape index (κ1) is 14.0. The molecule has 1 aliphatic rings. The molecule has 6 heteroatoms. The summed E-state index contributed by atoms with van der Waals surface area (Å²) < 4.78 is 0. The molecule has 1 aromatic heterocycles. The number of nitrogens with zero attached hydrogens (tertiary/aromatic N) is 1. The Hall–Kier alpha value is -1.40. The molecule has 2 N–H and O–H groups in total. The van der Waals surface area contributed by atoms with Gasteiger partial charge in [-0.1, -0.05) is 0 Å². The molecule has 2 rings (SSSR count). The van der Waals surface area contributed by atoms with Crippen molar-refractivity contribution in [3.63, 3.8) is 0 Å². The number of hydrogen-bond acceptors (Lipinski definition) is 4. The molecule has 0 amide bonds. The van der Waals surface area contributed by atoms with E-state index in [1.54, 1.807) is 11.3 Å². The summed E-state index contributed by atoms with van der Waals surface area (Å²) in [5, 5.41) is 22.3. The van der Waals surface area contributed by atoms with Gasteiger partial charge in [-0.15, -0.1) is 0 Å². The van der Waals surface area contributed by atoms with E-state index in [4.69, 9.17) is 10.2 Å². The maximum Gasteiger partial charge on any atom is 0.308 e. The molecule has 1 aliphatic heterocycles. The number of aliphatic carboxylic acids is 2. The van der Waals surface area contributed by atoms with E-state index in [1.165, 1.54) is 5.56 Å². The van der Waals surface area contributed by atoms with Crippen molar-refractivity contribution in [2.45, 2.75) is 12.8 Å². The second kappa shape index (κ2) is 6.16. The van der Waals surface area contributed by atoms with Crippen LogP contribution in [-0.2, 0) is 16.0 Å². The van der Waals surface area contributed by atoms with Crippen molar-refractivity contribution in [1.82, 2.24) is 4.90 Å². The van der Waals surface area contributed by atoms with Gasteiger partial charge in [-0.2, -0.15) is 11.3 Å². The van der Waals surface area contributed by atoms with E-state index in [-0.39, 0.29) is 0 Å². The summed E-state index contributed by atoms with van der Waals surface area (Å²) in [6, 6.07) is 2.06. The highest BCUT2D eigenvalue weighted by Gasteiger charge is 2.38. The zero-order valence-electron chi connectivity index (χ0n) is 10.5. The third-order valence-electron chi connectivity index (χ3n) is 3.63. The maximum atomic E-state index is 11.2. The fourth-order valence-corrected chi connectivity index (χ4v) is 3.19. The fraction of sp³-hybridized carbons (Fsp3) is 0.538. The largest absolute Gasteiger partial charge is 0.481 e. The van der Waals surface area contributed by atoms with Crippen LogP contribution in [-0.4, -0.2) is 46.7 Å². The predicted octanol–water partition coefficient (Wildman–Crippen LogP) is 1.40. The van der Waals surface area contributed by atoms with Crippen LogP contribution in [0.1, 0.15) is 12.0 Å². The normalized spacial score (nSPS) is 24.2. The second-order valence-corrected chi connectivity index (χ2v) is 5.64. The van der Waals surface area contributed by atoms with Gasteiger partial charge in [-0.05, 0) is 41.8 Å². The fourth-order valence-electron chi connectivity index (χ4n) is 2.49. The molecule has 0 bridgehead atoms. The molecule has 1 aromatic rings. The standard InChI is InChI=1S/C13H17NO4S/c15-12(16)10-2-5-14(7-11(10)13(17)18)4-1-9-3-6-19-8-9/h3,6,8,10-11H,1-2,4-5,7H2,(H,15,16)(H,17,18). The Balaban J connectivity index is 1.91. The molecule has 0 radical (unpaired) electrons. The Kier molecular flexibility index (Phi) is 4.55. The molecule has 2 heterocycles. The van der Waals surface area contributed by atoms with Crippen LogP contribution in [0.15, 0.2) is 16.8 Å². The Morgan fingerprint density at radius 3 is 2.63 bits per heavy atom. The van der Waals surface area contributed by atoms with Crippen molar-refractivity contribution < 1.29 is 19.8 Å². The molecule has 104 valence electrons. The van der Waals surface area contributed by atoms with Crippen molar-refractivity contribution in [3.8, 4) is 0 Å². The number of carboxylic acid groups (broad SMARTS) is 2. The van der Waals surface area contributed by atoms with Crippen LogP contribution >= 0.6 is 11.3 Å². The third-order valence-corrected chi connectivity index (χ3v) is 4.36. The number of piperidine rings is 1. The van der Waals surface area contributed by atoms with Crippen molar-refractivity contribution in [2.24, 2.45) is 11.8 Å². The minimum atomic E-state index is -1.01. The van der Waals surface area contributed by atoms with Gasteiger partial charge in [0.2, 0.25) is 0 Å². The number of carboxylic acids is 2. The van der Waals surface area contributed by atoms with E-state index >= 15 is 0 Å². The van der Waals surface area contributed by atoms with Gasteiger partial charge < -0.3 is 15.1 Å². The topological polar surface area (TPSA) is 77.8 Å². The number of likely N-dealkylation sites (tertiary alicyclic amines) is 1. The molecular formula is C13H17NO4S. The summed E-state index contributed by atoms with van der Waals surface area (Å²) in [4.78, 5) is 24.3. The number of thiophene rings is 1. The van der Waals surface area contributed by atoms with Crippen LogP contribution in [0.25, 0.3) is 0 Å². The zero-order chi connectivity index (χ0) is 13.8. The van der Waals surface area contributed by atoms with Crippen LogP contribution in [0.4, 0.5) is 0 Å². The monoisotopic (exact) mass is 283 g/mol. The molecule has 2 unspecified atom stereocenters. The molecule has 19 heavy (non-hydrogen) atoms. The van der Waals surface area contributed by atoms with Gasteiger partial charge in [0.25, 0.3) is 0 Å². The van der Waals surface area contributed by atoms with Gasteiger partial charge in [-0.3, -0.25) is 9.59 Å². The van der Waals surface area contributed by atoms with E-state index < -0.39 is 23.8 Å². The minimum Gasteiger partial charge on any atom is -0.481 e. The predicted molar refractivity (Wildman–Crippen MR) is 71.3 cm³/mol. The lowest BCUT2D eigenvalue weighted by molar-refractivity contribution is -0.157. The lowest BCUT2D eigenvalue weighted by Crippen LogP contribution is -2.46. The first-order valence-electron chi connectivity index (χ1n) is 6.27. The van der Waals surface area contributed by atoms with Gasteiger partial charge in [0.05, 0.1) is 11.8 Å². The molecule has 0 spiro atoms. The van der Waals surface area contributed by atoms with Gasteiger partial charge in [0.1, 0.15) is 0 Å². The van der Waals surface area contributed by atoms with Gasteiger partial charge >= 0.3 is 11.9 Å². The highest BCUT2D eigenvalue weighted by atomic mass is 32.1. The lowest BCUT2D eigenvalue weighted by Gasteiger charge is -2.34. The Labute approximate surface area is 115 Å². The molecule has 1 saturated heterocycles. The molecule has 0 aliphatic carbocycles. The average molecular weight is 283 g/mol. The highest BCUT2D eigenvalue weighted by molar-refractivity contribution is 7.07. The van der Waals surface area contributed by atoms with Crippen molar-refractivity contribution in [1.29, 1.82) is 0 Å². The van der Waals surface area contributed by atoms with Crippen LogP contribution < -0.4 is 0 Å². The quantitative estimate of drug-likeness (QED) is 0.854. The number of hydrogen-bond donors (Lipinski definition) is 2. The molecule has 0 saturated carbocycles. The first-order valence-corrected chi connectivity index (χ1v) is 7.21. The van der Waals surface area contributed by atoms with Crippen molar-refractivity contribution in [2.75, 3.05) is 19.6 Å². The summed E-state index contributed by atoms with van der Waals surface area (Å²) in [6.45, 7) is 1.77. The third kappa shape index (κ3) is 3.54. The summed E-state index contributed by atoms with van der Waals surface area (Å²) in [6.07, 6.45) is 1.30.